The van der Waals surface area contributed by atoms with E-state index in [1.165, 1.54) is 0 Å². The van der Waals surface area contributed by atoms with E-state index >= 15 is 4.39 Å². The summed E-state index contributed by atoms with van der Waals surface area (Å²) < 4.78 is 26.8. The Balaban J connectivity index is 2.00. The maximum absolute atomic E-state index is 15.1. The van der Waals surface area contributed by atoms with Crippen LogP contribution in [0.25, 0.3) is 16.8 Å². The fourth-order valence-electron chi connectivity index (χ4n) is 2.79. The molecule has 1 saturated heterocycles. The molecule has 1 fully saturated rings. The van der Waals surface area contributed by atoms with E-state index in [1.807, 2.05) is 70.3 Å². The summed E-state index contributed by atoms with van der Waals surface area (Å²) in [7, 11) is -0.980. The molecule has 3 nitrogen and oxygen atoms in total. The van der Waals surface area contributed by atoms with Gasteiger partial charge in [-0.15, -0.1) is 0 Å². The van der Waals surface area contributed by atoms with Gasteiger partial charge in [-0.05, 0) is 57.9 Å². The van der Waals surface area contributed by atoms with E-state index in [0.29, 0.717) is 5.57 Å². The Labute approximate surface area is 143 Å². The Morgan fingerprint density at radius 3 is 2.21 bits per heavy atom. The summed E-state index contributed by atoms with van der Waals surface area (Å²) in [4.78, 5) is 3.18. The molecule has 5 heteroatoms. The summed E-state index contributed by atoms with van der Waals surface area (Å²) in [5, 5.41) is 0. The Bertz CT molecular complexity index is 749. The summed E-state index contributed by atoms with van der Waals surface area (Å²) in [6.07, 6.45) is 1.86. The molecule has 2 aromatic rings. The summed E-state index contributed by atoms with van der Waals surface area (Å²) in [5.41, 5.74) is 1.75. The van der Waals surface area contributed by atoms with Crippen LogP contribution >= 0.6 is 0 Å². The number of halogens is 1. The normalized spacial score (nSPS) is 20.2. The van der Waals surface area contributed by atoms with Gasteiger partial charge in [0.05, 0.1) is 11.2 Å². The second-order valence-electron chi connectivity index (χ2n) is 7.19. The summed E-state index contributed by atoms with van der Waals surface area (Å²) in [6, 6.07) is 11.6. The average Bonchev–Trinajstić information content (AvgIpc) is 3.13. The van der Waals surface area contributed by atoms with Gasteiger partial charge in [-0.3, -0.25) is 0 Å². The molecule has 1 aliphatic heterocycles. The first-order valence-corrected chi connectivity index (χ1v) is 8.18. The van der Waals surface area contributed by atoms with E-state index in [2.05, 4.69) is 4.98 Å². The zero-order valence-corrected chi connectivity index (χ0v) is 14.8. The second kappa shape index (κ2) is 5.90. The lowest BCUT2D eigenvalue weighted by molar-refractivity contribution is 0.00578. The van der Waals surface area contributed by atoms with Crippen molar-refractivity contribution in [3.8, 4) is 11.3 Å². The third kappa shape index (κ3) is 2.83. The van der Waals surface area contributed by atoms with Crippen molar-refractivity contribution >= 4 is 12.7 Å². The summed E-state index contributed by atoms with van der Waals surface area (Å²) in [6.45, 7) is 9.44. The highest BCUT2D eigenvalue weighted by Gasteiger charge is 2.53. The highest BCUT2D eigenvalue weighted by molar-refractivity contribution is 6.55. The van der Waals surface area contributed by atoms with Gasteiger partial charge in [0.25, 0.3) is 0 Å². The van der Waals surface area contributed by atoms with Crippen molar-refractivity contribution in [2.75, 3.05) is 0 Å². The van der Waals surface area contributed by atoms with Crippen molar-refractivity contribution in [2.24, 2.45) is 0 Å². The van der Waals surface area contributed by atoms with Crippen LogP contribution in [0.3, 0.4) is 0 Å². The van der Waals surface area contributed by atoms with Crippen LogP contribution in [-0.2, 0) is 9.31 Å². The summed E-state index contributed by atoms with van der Waals surface area (Å²) in [5.74, 6) is 0. The molecule has 1 aromatic carbocycles. The maximum atomic E-state index is 15.1. The number of aromatic nitrogens is 1. The monoisotopic (exact) mass is 327 g/mol. The third-order valence-electron chi connectivity index (χ3n) is 5.04. The van der Waals surface area contributed by atoms with Gasteiger partial charge in [0, 0.05) is 17.5 Å². The van der Waals surface area contributed by atoms with Gasteiger partial charge in [-0.25, -0.2) is 4.39 Å². The van der Waals surface area contributed by atoms with Crippen molar-refractivity contribution in [1.82, 2.24) is 4.98 Å². The van der Waals surface area contributed by atoms with Gasteiger partial charge in [-0.1, -0.05) is 24.3 Å². The Kier molecular flexibility index (Phi) is 4.18. The number of hydrogen-bond donors (Lipinski definition) is 1. The van der Waals surface area contributed by atoms with Crippen LogP contribution in [0, 0.1) is 0 Å². The molecule has 0 amide bonds. The predicted molar refractivity (Wildman–Crippen MR) is 96.0 cm³/mol. The predicted octanol–water partition coefficient (Wildman–Crippen LogP) is 5.01. The molecule has 0 saturated carbocycles. The molecule has 0 aliphatic carbocycles. The SMILES string of the molecule is CC(=C(F)B1OC(C)(C)C(C)(C)O1)c1ccccc1-c1ccc[nH]1. The van der Waals surface area contributed by atoms with Gasteiger partial charge in [0.2, 0.25) is 0 Å². The van der Waals surface area contributed by atoms with Crippen LogP contribution in [0.4, 0.5) is 4.39 Å². The highest BCUT2D eigenvalue weighted by atomic mass is 19.1. The first kappa shape index (κ1) is 17.0. The van der Waals surface area contributed by atoms with Crippen LogP contribution in [0.1, 0.15) is 40.2 Å². The molecule has 0 unspecified atom stereocenters. The van der Waals surface area contributed by atoms with E-state index in [4.69, 9.17) is 9.31 Å². The number of H-pyrrole nitrogens is 1. The third-order valence-corrected chi connectivity index (χ3v) is 5.04. The number of rotatable bonds is 3. The van der Waals surface area contributed by atoms with E-state index in [0.717, 1.165) is 16.8 Å². The Morgan fingerprint density at radius 2 is 1.62 bits per heavy atom. The maximum Gasteiger partial charge on any atom is 0.525 e. The van der Waals surface area contributed by atoms with Crippen LogP contribution in [-0.4, -0.2) is 23.3 Å². The standard InChI is InChI=1S/C19H23BFNO2/c1-13(17(21)20-23-18(2,3)19(4,5)24-20)14-9-6-7-10-15(14)16-11-8-12-22-16/h6-12,22H,1-5H3. The molecule has 0 atom stereocenters. The number of hydrogen-bond acceptors (Lipinski definition) is 2. The molecule has 2 heterocycles. The van der Waals surface area contributed by atoms with Crippen LogP contribution in [0.5, 0.6) is 0 Å². The Hall–Kier alpha value is -1.85. The Morgan fingerprint density at radius 1 is 1.00 bits per heavy atom. The van der Waals surface area contributed by atoms with Crippen molar-refractivity contribution < 1.29 is 13.7 Å². The molecule has 1 aliphatic rings. The lowest BCUT2D eigenvalue weighted by atomic mass is 9.82. The number of benzene rings is 1. The smallest absolute Gasteiger partial charge is 0.398 e. The number of aromatic amines is 1. The molecular formula is C19H23BFNO2. The largest absolute Gasteiger partial charge is 0.525 e. The van der Waals surface area contributed by atoms with Crippen molar-refractivity contribution in [3.05, 3.63) is 53.9 Å². The van der Waals surface area contributed by atoms with Gasteiger partial charge in [-0.2, -0.15) is 0 Å². The average molecular weight is 327 g/mol. The highest BCUT2D eigenvalue weighted by Crippen LogP contribution is 2.40. The summed E-state index contributed by atoms with van der Waals surface area (Å²) >= 11 is 0. The fraction of sp³-hybridized carbons (Fsp3) is 0.368. The molecule has 1 aromatic heterocycles. The van der Waals surface area contributed by atoms with E-state index in [1.54, 1.807) is 6.92 Å². The first-order chi connectivity index (χ1) is 11.2. The van der Waals surface area contributed by atoms with Gasteiger partial charge in [0.15, 0.2) is 0 Å². The van der Waals surface area contributed by atoms with Crippen LogP contribution in [0.2, 0.25) is 0 Å². The molecular weight excluding hydrogens is 304 g/mol. The van der Waals surface area contributed by atoms with Crippen molar-refractivity contribution in [3.63, 3.8) is 0 Å². The minimum absolute atomic E-state index is 0.382. The zero-order valence-electron chi connectivity index (χ0n) is 14.8. The molecule has 0 bridgehead atoms. The van der Waals surface area contributed by atoms with Crippen LogP contribution < -0.4 is 0 Å². The molecule has 0 radical (unpaired) electrons. The lowest BCUT2D eigenvalue weighted by Gasteiger charge is -2.32. The molecule has 3 rings (SSSR count). The van der Waals surface area contributed by atoms with E-state index in [9.17, 15) is 0 Å². The van der Waals surface area contributed by atoms with Crippen LogP contribution in [0.15, 0.2) is 48.3 Å². The van der Waals surface area contributed by atoms with E-state index < -0.39 is 18.3 Å². The fourth-order valence-corrected chi connectivity index (χ4v) is 2.79. The topological polar surface area (TPSA) is 34.2 Å². The zero-order chi connectivity index (χ0) is 17.5. The minimum Gasteiger partial charge on any atom is -0.398 e. The molecule has 24 heavy (non-hydrogen) atoms. The minimum atomic E-state index is -0.980. The number of nitrogens with one attached hydrogen (secondary N) is 1. The lowest BCUT2D eigenvalue weighted by Crippen LogP contribution is -2.41. The van der Waals surface area contributed by atoms with Crippen molar-refractivity contribution in [1.29, 1.82) is 0 Å². The molecule has 1 N–H and O–H groups in total. The quantitative estimate of drug-likeness (QED) is 0.804. The first-order valence-electron chi connectivity index (χ1n) is 8.18. The molecule has 0 spiro atoms. The second-order valence-corrected chi connectivity index (χ2v) is 7.19. The molecule has 126 valence electrons. The van der Waals surface area contributed by atoms with Crippen molar-refractivity contribution in [2.45, 2.75) is 45.8 Å². The van der Waals surface area contributed by atoms with Gasteiger partial charge in [0.1, 0.15) is 5.73 Å². The van der Waals surface area contributed by atoms with Gasteiger partial charge >= 0.3 is 7.12 Å². The number of allylic oxidation sites excluding steroid dienone is 1. The van der Waals surface area contributed by atoms with Gasteiger partial charge < -0.3 is 14.3 Å². The van der Waals surface area contributed by atoms with E-state index in [-0.39, 0.29) is 5.73 Å².